The molecule has 3 aromatic carbocycles. The van der Waals surface area contributed by atoms with Crippen molar-refractivity contribution in [3.8, 4) is 11.5 Å². The van der Waals surface area contributed by atoms with Crippen molar-refractivity contribution in [1.82, 2.24) is 10.1 Å². The molecule has 0 bridgehead atoms. The van der Waals surface area contributed by atoms with Crippen LogP contribution in [0.3, 0.4) is 0 Å². The zero-order chi connectivity index (χ0) is 25.4. The van der Waals surface area contributed by atoms with Crippen LogP contribution in [-0.4, -0.2) is 34.8 Å². The topological polar surface area (TPSA) is 106 Å². The molecule has 1 atom stereocenters. The van der Waals surface area contributed by atoms with Crippen molar-refractivity contribution in [2.45, 2.75) is 24.3 Å². The summed E-state index contributed by atoms with van der Waals surface area (Å²) < 4.78 is 40.0. The van der Waals surface area contributed by atoms with E-state index < -0.39 is 22.0 Å². The van der Waals surface area contributed by atoms with Gasteiger partial charge in [-0.05, 0) is 59.3 Å². The highest BCUT2D eigenvalue weighted by molar-refractivity contribution is 14.1. The number of nitrogens with zero attached hydrogens (tertiary/aromatic N) is 1. The van der Waals surface area contributed by atoms with Gasteiger partial charge in [-0.2, -0.15) is 5.10 Å². The van der Waals surface area contributed by atoms with Gasteiger partial charge in [0.25, 0.3) is 0 Å². The molecule has 184 valence electrons. The van der Waals surface area contributed by atoms with Crippen molar-refractivity contribution in [2.75, 3.05) is 14.2 Å². The highest BCUT2D eigenvalue weighted by Crippen LogP contribution is 2.30. The number of rotatable bonds is 10. The van der Waals surface area contributed by atoms with Crippen LogP contribution in [0.15, 0.2) is 76.7 Å². The number of methoxy groups -OCH3 is 2. The van der Waals surface area contributed by atoms with Crippen LogP contribution in [0.4, 0.5) is 0 Å². The van der Waals surface area contributed by atoms with Crippen LogP contribution in [0, 0.1) is 10.5 Å². The molecule has 2 N–H and O–H groups in total. The molecule has 0 aromatic heterocycles. The number of carbonyl (C=O) groups is 1. The third-order valence-corrected chi connectivity index (χ3v) is 7.54. The molecule has 0 saturated carbocycles. The molecule has 8 nitrogen and oxygen atoms in total. The summed E-state index contributed by atoms with van der Waals surface area (Å²) in [5, 5.41) is 4.04. The minimum atomic E-state index is -3.85. The standard InChI is InChI=1S/C25H26IN3O5S/c1-17-9-11-20(12-10-17)35(31,32)29-22(18-7-5-4-6-8-18)15-25(30)28-27-16-19-13-23(33-2)24(34-3)14-21(19)26/h4-14,16,22,29H,15H2,1-3H3,(H,28,30)/b27-16-/t22-/m1/s1. The Morgan fingerprint density at radius 2 is 1.66 bits per heavy atom. The summed E-state index contributed by atoms with van der Waals surface area (Å²) in [6, 6.07) is 18.2. The molecule has 0 radical (unpaired) electrons. The van der Waals surface area contributed by atoms with E-state index in [1.165, 1.54) is 25.5 Å². The first kappa shape index (κ1) is 26.6. The molecule has 0 saturated heterocycles. The number of hydrazone groups is 1. The number of sulfonamides is 1. The van der Waals surface area contributed by atoms with E-state index >= 15 is 0 Å². The fourth-order valence-electron chi connectivity index (χ4n) is 3.26. The summed E-state index contributed by atoms with van der Waals surface area (Å²) in [6.45, 7) is 1.88. The number of aryl methyl sites for hydroxylation is 1. The first-order valence-corrected chi connectivity index (χ1v) is 13.2. The van der Waals surface area contributed by atoms with Crippen molar-refractivity contribution in [3.63, 3.8) is 0 Å². The Hall–Kier alpha value is -2.96. The van der Waals surface area contributed by atoms with Crippen LogP contribution in [0.25, 0.3) is 0 Å². The smallest absolute Gasteiger partial charge is 0.242 e. The quantitative estimate of drug-likeness (QED) is 0.205. The summed E-state index contributed by atoms with van der Waals surface area (Å²) in [7, 11) is -0.758. The maximum Gasteiger partial charge on any atom is 0.242 e. The molecule has 35 heavy (non-hydrogen) atoms. The zero-order valence-electron chi connectivity index (χ0n) is 19.5. The monoisotopic (exact) mass is 607 g/mol. The second kappa shape index (κ2) is 12.1. The molecule has 1 amide bonds. The fourth-order valence-corrected chi connectivity index (χ4v) is 5.06. The third-order valence-electron chi connectivity index (χ3n) is 5.12. The van der Waals surface area contributed by atoms with Crippen LogP contribution in [0.1, 0.15) is 29.2 Å². The van der Waals surface area contributed by atoms with E-state index in [0.29, 0.717) is 17.1 Å². The molecule has 0 aliphatic rings. The Morgan fingerprint density at radius 1 is 1.03 bits per heavy atom. The van der Waals surface area contributed by atoms with Gasteiger partial charge in [0.2, 0.25) is 15.9 Å². The number of benzene rings is 3. The van der Waals surface area contributed by atoms with Gasteiger partial charge < -0.3 is 9.47 Å². The van der Waals surface area contributed by atoms with Gasteiger partial charge in [0, 0.05) is 15.6 Å². The van der Waals surface area contributed by atoms with Gasteiger partial charge in [0.15, 0.2) is 11.5 Å². The second-order valence-electron chi connectivity index (χ2n) is 7.62. The molecule has 0 fully saturated rings. The average molecular weight is 607 g/mol. The lowest BCUT2D eigenvalue weighted by Gasteiger charge is -2.18. The number of ether oxygens (including phenoxy) is 2. The van der Waals surface area contributed by atoms with Crippen LogP contribution in [-0.2, 0) is 14.8 Å². The highest BCUT2D eigenvalue weighted by Gasteiger charge is 2.23. The van der Waals surface area contributed by atoms with Gasteiger partial charge in [-0.1, -0.05) is 48.0 Å². The average Bonchev–Trinajstić information content (AvgIpc) is 2.85. The summed E-state index contributed by atoms with van der Waals surface area (Å²) in [4.78, 5) is 12.8. The molecule has 3 rings (SSSR count). The molecule has 0 aliphatic heterocycles. The molecular weight excluding hydrogens is 581 g/mol. The van der Waals surface area contributed by atoms with Crippen molar-refractivity contribution < 1.29 is 22.7 Å². The first-order valence-electron chi connectivity index (χ1n) is 10.6. The predicted molar refractivity (Wildman–Crippen MR) is 143 cm³/mol. The summed E-state index contributed by atoms with van der Waals surface area (Å²) >= 11 is 2.13. The second-order valence-corrected chi connectivity index (χ2v) is 10.5. The predicted octanol–water partition coefficient (Wildman–Crippen LogP) is 4.18. The number of halogens is 1. The largest absolute Gasteiger partial charge is 0.493 e. The highest BCUT2D eigenvalue weighted by atomic mass is 127. The van der Waals surface area contributed by atoms with Crippen molar-refractivity contribution in [1.29, 1.82) is 0 Å². The number of amides is 1. The molecule has 10 heteroatoms. The lowest BCUT2D eigenvalue weighted by molar-refractivity contribution is -0.121. The van der Waals surface area contributed by atoms with Crippen LogP contribution >= 0.6 is 22.6 Å². The summed E-state index contributed by atoms with van der Waals surface area (Å²) in [5.41, 5.74) is 4.82. The normalized spacial score (nSPS) is 12.3. The summed E-state index contributed by atoms with van der Waals surface area (Å²) in [6.07, 6.45) is 1.35. The molecule has 0 spiro atoms. The van der Waals surface area contributed by atoms with Crippen LogP contribution in [0.5, 0.6) is 11.5 Å². The van der Waals surface area contributed by atoms with E-state index in [1.807, 2.05) is 13.0 Å². The van der Waals surface area contributed by atoms with E-state index in [0.717, 1.165) is 14.7 Å². The van der Waals surface area contributed by atoms with Crippen molar-refractivity contribution in [2.24, 2.45) is 5.10 Å². The van der Waals surface area contributed by atoms with E-state index in [1.54, 1.807) is 55.6 Å². The third kappa shape index (κ3) is 7.26. The lowest BCUT2D eigenvalue weighted by Crippen LogP contribution is -2.32. The van der Waals surface area contributed by atoms with Gasteiger partial charge in [-0.15, -0.1) is 0 Å². The maximum atomic E-state index is 13.0. The number of hydrogen-bond acceptors (Lipinski definition) is 6. The fraction of sp³-hybridized carbons (Fsp3) is 0.200. The Kier molecular flexibility index (Phi) is 9.24. The molecule has 0 heterocycles. The molecular formula is C25H26IN3O5S. The van der Waals surface area contributed by atoms with Crippen LogP contribution < -0.4 is 19.6 Å². The SMILES string of the molecule is COc1cc(I)c(/C=N\NC(=O)C[C@@H](NS(=O)(=O)c2ccc(C)cc2)c2ccccc2)cc1OC. The van der Waals surface area contributed by atoms with Crippen molar-refractivity contribution >= 4 is 44.7 Å². The number of hydrogen-bond donors (Lipinski definition) is 2. The molecule has 3 aromatic rings. The summed E-state index contributed by atoms with van der Waals surface area (Å²) in [5.74, 6) is 0.678. The van der Waals surface area contributed by atoms with Gasteiger partial charge in [-0.25, -0.2) is 18.6 Å². The minimum Gasteiger partial charge on any atom is -0.493 e. The van der Waals surface area contributed by atoms with Crippen LogP contribution in [0.2, 0.25) is 0 Å². The molecule has 0 unspecified atom stereocenters. The van der Waals surface area contributed by atoms with E-state index in [2.05, 4.69) is 37.8 Å². The lowest BCUT2D eigenvalue weighted by atomic mass is 10.0. The van der Waals surface area contributed by atoms with Crippen molar-refractivity contribution in [3.05, 3.63) is 87.0 Å². The van der Waals surface area contributed by atoms with E-state index in [9.17, 15) is 13.2 Å². The van der Waals surface area contributed by atoms with Gasteiger partial charge in [0.05, 0.1) is 31.4 Å². The van der Waals surface area contributed by atoms with Gasteiger partial charge >= 0.3 is 0 Å². The Balaban J connectivity index is 1.75. The van der Waals surface area contributed by atoms with Gasteiger partial charge in [0.1, 0.15) is 0 Å². The Bertz CT molecular complexity index is 1300. The first-order chi connectivity index (χ1) is 16.7. The van der Waals surface area contributed by atoms with E-state index in [-0.39, 0.29) is 11.3 Å². The zero-order valence-corrected chi connectivity index (χ0v) is 22.5. The van der Waals surface area contributed by atoms with E-state index in [4.69, 9.17) is 9.47 Å². The number of carbonyl (C=O) groups excluding carboxylic acids is 1. The van der Waals surface area contributed by atoms with Gasteiger partial charge in [-0.3, -0.25) is 4.79 Å². The Morgan fingerprint density at radius 3 is 2.29 bits per heavy atom. The molecule has 0 aliphatic carbocycles. The Labute approximate surface area is 218 Å². The minimum absolute atomic E-state index is 0.130. The maximum absolute atomic E-state index is 13.0. The number of nitrogens with one attached hydrogen (secondary N) is 2.